The zero-order valence-electron chi connectivity index (χ0n) is 13.5. The molecule has 6 heteroatoms. The number of halogens is 1. The summed E-state index contributed by atoms with van der Waals surface area (Å²) in [7, 11) is 1.68. The van der Waals surface area contributed by atoms with Crippen LogP contribution < -0.4 is 15.0 Å². The summed E-state index contributed by atoms with van der Waals surface area (Å²) in [5.41, 5.74) is 2.26. The van der Waals surface area contributed by atoms with Crippen molar-refractivity contribution in [2.75, 3.05) is 30.4 Å². The van der Waals surface area contributed by atoms with Crippen molar-refractivity contribution in [1.82, 2.24) is 9.97 Å². The Bertz CT molecular complexity index is 675. The number of methoxy groups -OCH3 is 1. The lowest BCUT2D eigenvalue weighted by atomic mass is 10.2. The Kier molecular flexibility index (Phi) is 4.86. The van der Waals surface area contributed by atoms with Gasteiger partial charge >= 0.3 is 0 Å². The summed E-state index contributed by atoms with van der Waals surface area (Å²) in [4.78, 5) is 11.3. The lowest BCUT2D eigenvalue weighted by molar-refractivity contribution is 0.414. The second-order valence-corrected chi connectivity index (χ2v) is 5.94. The standard InChI is InChI=1S/C17H21ClN4O/c1-3-9-19-17-20-15(18)14-8-10-22(16(14)21-17)11-12-4-6-13(23-2)7-5-12/h4-7H,3,8-11H2,1-2H3,(H,19,20,21). The molecule has 2 aromatic rings. The van der Waals surface area contributed by atoms with Crippen LogP contribution in [0, 0.1) is 0 Å². The molecule has 23 heavy (non-hydrogen) atoms. The molecule has 1 aromatic carbocycles. The molecule has 0 saturated carbocycles. The summed E-state index contributed by atoms with van der Waals surface area (Å²) < 4.78 is 5.20. The number of hydrogen-bond donors (Lipinski definition) is 1. The van der Waals surface area contributed by atoms with Crippen LogP contribution in [0.4, 0.5) is 11.8 Å². The average Bonchev–Trinajstić information content (AvgIpc) is 2.97. The topological polar surface area (TPSA) is 50.3 Å². The van der Waals surface area contributed by atoms with Crippen LogP contribution in [0.15, 0.2) is 24.3 Å². The van der Waals surface area contributed by atoms with E-state index in [-0.39, 0.29) is 0 Å². The summed E-state index contributed by atoms with van der Waals surface area (Å²) in [6.45, 7) is 4.66. The maximum Gasteiger partial charge on any atom is 0.226 e. The van der Waals surface area contributed by atoms with E-state index >= 15 is 0 Å². The van der Waals surface area contributed by atoms with E-state index in [2.05, 4.69) is 39.2 Å². The van der Waals surface area contributed by atoms with Crippen LogP contribution in [0.2, 0.25) is 5.15 Å². The van der Waals surface area contributed by atoms with E-state index in [0.29, 0.717) is 11.1 Å². The molecule has 0 aliphatic carbocycles. The molecule has 1 aliphatic rings. The molecule has 0 saturated heterocycles. The Labute approximate surface area is 141 Å². The van der Waals surface area contributed by atoms with Gasteiger partial charge in [0.2, 0.25) is 5.95 Å². The number of benzene rings is 1. The van der Waals surface area contributed by atoms with Crippen LogP contribution >= 0.6 is 11.6 Å². The number of rotatable bonds is 6. The highest BCUT2D eigenvalue weighted by atomic mass is 35.5. The average molecular weight is 333 g/mol. The molecule has 1 aliphatic heterocycles. The third-order valence-corrected chi connectivity index (χ3v) is 4.24. The molecular formula is C17H21ClN4O. The van der Waals surface area contributed by atoms with E-state index in [1.54, 1.807) is 7.11 Å². The number of nitrogens with one attached hydrogen (secondary N) is 1. The lowest BCUT2D eigenvalue weighted by Gasteiger charge is -2.19. The van der Waals surface area contributed by atoms with Gasteiger partial charge in [-0.25, -0.2) is 4.98 Å². The smallest absolute Gasteiger partial charge is 0.226 e. The van der Waals surface area contributed by atoms with Crippen LogP contribution in [-0.2, 0) is 13.0 Å². The minimum Gasteiger partial charge on any atom is -0.497 e. The minimum absolute atomic E-state index is 0.561. The Balaban J connectivity index is 1.80. The Hall–Kier alpha value is -2.01. The zero-order valence-corrected chi connectivity index (χ0v) is 14.2. The molecule has 0 radical (unpaired) electrons. The van der Waals surface area contributed by atoms with Gasteiger partial charge in [0.1, 0.15) is 16.7 Å². The highest BCUT2D eigenvalue weighted by Gasteiger charge is 2.25. The molecule has 0 spiro atoms. The maximum absolute atomic E-state index is 6.33. The molecule has 122 valence electrons. The zero-order chi connectivity index (χ0) is 16.2. The van der Waals surface area contributed by atoms with Crippen molar-refractivity contribution in [2.45, 2.75) is 26.3 Å². The monoisotopic (exact) mass is 332 g/mol. The van der Waals surface area contributed by atoms with Crippen LogP contribution in [0.25, 0.3) is 0 Å². The van der Waals surface area contributed by atoms with Crippen LogP contribution in [0.3, 0.4) is 0 Å². The van der Waals surface area contributed by atoms with E-state index in [1.807, 2.05) is 12.1 Å². The van der Waals surface area contributed by atoms with Gasteiger partial charge in [0, 0.05) is 25.2 Å². The fraction of sp³-hybridized carbons (Fsp3) is 0.412. The molecular weight excluding hydrogens is 312 g/mol. The molecule has 5 nitrogen and oxygen atoms in total. The number of ether oxygens (including phenoxy) is 1. The highest BCUT2D eigenvalue weighted by Crippen LogP contribution is 2.33. The number of fused-ring (bicyclic) bond motifs is 1. The van der Waals surface area contributed by atoms with Gasteiger partial charge in [-0.15, -0.1) is 0 Å². The SMILES string of the molecule is CCCNc1nc(Cl)c2c(n1)N(Cc1ccc(OC)cc1)CC2. The molecule has 0 atom stereocenters. The van der Waals surface area contributed by atoms with Crippen LogP contribution in [-0.4, -0.2) is 30.2 Å². The van der Waals surface area contributed by atoms with Crippen LogP contribution in [0.5, 0.6) is 5.75 Å². The first-order valence-electron chi connectivity index (χ1n) is 7.89. The van der Waals surface area contributed by atoms with Crippen molar-refractivity contribution in [1.29, 1.82) is 0 Å². The number of aromatic nitrogens is 2. The Morgan fingerprint density at radius 1 is 1.26 bits per heavy atom. The van der Waals surface area contributed by atoms with E-state index in [9.17, 15) is 0 Å². The van der Waals surface area contributed by atoms with Crippen LogP contribution in [0.1, 0.15) is 24.5 Å². The fourth-order valence-electron chi connectivity index (χ4n) is 2.70. The largest absolute Gasteiger partial charge is 0.497 e. The number of anilines is 2. The molecule has 0 unspecified atom stereocenters. The van der Waals surface area contributed by atoms with Crippen molar-refractivity contribution in [2.24, 2.45) is 0 Å². The predicted octanol–water partition coefficient (Wildman–Crippen LogP) is 3.52. The molecule has 1 aromatic heterocycles. The predicted molar refractivity (Wildman–Crippen MR) is 93.6 cm³/mol. The van der Waals surface area contributed by atoms with E-state index in [4.69, 9.17) is 16.3 Å². The maximum atomic E-state index is 6.33. The van der Waals surface area contributed by atoms with Gasteiger partial charge < -0.3 is 15.0 Å². The highest BCUT2D eigenvalue weighted by molar-refractivity contribution is 6.30. The number of nitrogens with zero attached hydrogens (tertiary/aromatic N) is 3. The van der Waals surface area contributed by atoms with Gasteiger partial charge in [0.15, 0.2) is 0 Å². The first-order valence-corrected chi connectivity index (χ1v) is 8.27. The van der Waals surface area contributed by atoms with Crippen molar-refractivity contribution in [3.8, 4) is 5.75 Å². The summed E-state index contributed by atoms with van der Waals surface area (Å²) in [5.74, 6) is 2.42. The van der Waals surface area contributed by atoms with Crippen molar-refractivity contribution >= 4 is 23.4 Å². The Morgan fingerprint density at radius 3 is 2.74 bits per heavy atom. The molecule has 3 rings (SSSR count). The van der Waals surface area contributed by atoms with Gasteiger partial charge in [-0.2, -0.15) is 4.98 Å². The first kappa shape index (κ1) is 15.9. The third-order valence-electron chi connectivity index (χ3n) is 3.93. The van der Waals surface area contributed by atoms with E-state index in [1.165, 1.54) is 5.56 Å². The molecule has 2 heterocycles. The third kappa shape index (κ3) is 3.50. The first-order chi connectivity index (χ1) is 11.2. The molecule has 0 amide bonds. The van der Waals surface area contributed by atoms with E-state index in [0.717, 1.165) is 49.6 Å². The summed E-state index contributed by atoms with van der Waals surface area (Å²) >= 11 is 6.33. The Morgan fingerprint density at radius 2 is 2.04 bits per heavy atom. The fourth-order valence-corrected chi connectivity index (χ4v) is 2.95. The molecule has 0 fully saturated rings. The molecule has 1 N–H and O–H groups in total. The lowest BCUT2D eigenvalue weighted by Crippen LogP contribution is -2.21. The van der Waals surface area contributed by atoms with E-state index < -0.39 is 0 Å². The summed E-state index contributed by atoms with van der Waals surface area (Å²) in [5, 5.41) is 3.78. The second-order valence-electron chi connectivity index (χ2n) is 5.59. The van der Waals surface area contributed by atoms with Crippen molar-refractivity contribution in [3.63, 3.8) is 0 Å². The normalized spacial score (nSPS) is 13.1. The summed E-state index contributed by atoms with van der Waals surface area (Å²) in [6, 6.07) is 8.12. The van der Waals surface area contributed by atoms with Gasteiger partial charge in [0.25, 0.3) is 0 Å². The van der Waals surface area contributed by atoms with Crippen molar-refractivity contribution < 1.29 is 4.74 Å². The second kappa shape index (κ2) is 7.04. The van der Waals surface area contributed by atoms with Gasteiger partial charge in [-0.05, 0) is 30.5 Å². The van der Waals surface area contributed by atoms with Gasteiger partial charge in [-0.1, -0.05) is 30.7 Å². The summed E-state index contributed by atoms with van der Waals surface area (Å²) in [6.07, 6.45) is 1.91. The van der Waals surface area contributed by atoms with Gasteiger partial charge in [0.05, 0.1) is 7.11 Å². The minimum atomic E-state index is 0.561. The molecule has 0 bridgehead atoms. The number of hydrogen-bond acceptors (Lipinski definition) is 5. The van der Waals surface area contributed by atoms with Crippen molar-refractivity contribution in [3.05, 3.63) is 40.5 Å². The van der Waals surface area contributed by atoms with Gasteiger partial charge in [-0.3, -0.25) is 0 Å². The quantitative estimate of drug-likeness (QED) is 0.820.